The predicted octanol–water partition coefficient (Wildman–Crippen LogP) is -0.0141. The van der Waals surface area contributed by atoms with Crippen molar-refractivity contribution in [1.29, 1.82) is 0 Å². The smallest absolute Gasteiger partial charge is 0.231 e. The largest absolute Gasteiger partial charge is 0.393 e. The highest BCUT2D eigenvalue weighted by Gasteiger charge is 2.42. The molecule has 104 valence electrons. The first kappa shape index (κ1) is 13.8. The van der Waals surface area contributed by atoms with E-state index in [4.69, 9.17) is 4.74 Å². The average molecular weight is 256 g/mol. The summed E-state index contributed by atoms with van der Waals surface area (Å²) in [7, 11) is 1.66. The quantitative estimate of drug-likeness (QED) is 0.745. The summed E-state index contributed by atoms with van der Waals surface area (Å²) >= 11 is 0. The lowest BCUT2D eigenvalue weighted by Crippen LogP contribution is -2.53. The van der Waals surface area contributed by atoms with Gasteiger partial charge in [0.15, 0.2) is 0 Å². The first-order valence-electron chi connectivity index (χ1n) is 6.85. The van der Waals surface area contributed by atoms with Crippen LogP contribution in [0.1, 0.15) is 25.7 Å². The molecule has 2 fully saturated rings. The van der Waals surface area contributed by atoms with Crippen molar-refractivity contribution in [2.24, 2.45) is 5.41 Å². The van der Waals surface area contributed by atoms with Gasteiger partial charge in [0, 0.05) is 20.2 Å². The van der Waals surface area contributed by atoms with Crippen molar-refractivity contribution in [3.05, 3.63) is 0 Å². The Morgan fingerprint density at radius 2 is 2.00 bits per heavy atom. The number of likely N-dealkylation sites (tertiary alicyclic amines) is 1. The van der Waals surface area contributed by atoms with Gasteiger partial charge in [0.05, 0.1) is 18.1 Å². The molecule has 0 bridgehead atoms. The van der Waals surface area contributed by atoms with Gasteiger partial charge in [0.1, 0.15) is 0 Å². The van der Waals surface area contributed by atoms with E-state index in [1.165, 1.54) is 0 Å². The van der Waals surface area contributed by atoms with E-state index in [9.17, 15) is 9.90 Å². The number of carbonyl (C=O) groups is 1. The number of aliphatic hydroxyl groups excluding tert-OH is 1. The number of amides is 1. The Labute approximate surface area is 108 Å². The van der Waals surface area contributed by atoms with Crippen LogP contribution in [-0.2, 0) is 9.53 Å². The highest BCUT2D eigenvalue weighted by Crippen LogP contribution is 2.32. The number of hydrogen-bond acceptors (Lipinski definition) is 4. The minimum Gasteiger partial charge on any atom is -0.393 e. The first-order valence-corrected chi connectivity index (χ1v) is 6.85. The number of nitrogens with one attached hydrogen (secondary N) is 1. The highest BCUT2D eigenvalue weighted by atomic mass is 16.5. The number of methoxy groups -OCH3 is 1. The normalized spacial score (nSPS) is 25.1. The molecule has 0 aromatic heterocycles. The Morgan fingerprint density at radius 1 is 1.39 bits per heavy atom. The van der Waals surface area contributed by atoms with E-state index in [-0.39, 0.29) is 17.4 Å². The zero-order valence-electron chi connectivity index (χ0n) is 11.2. The van der Waals surface area contributed by atoms with Gasteiger partial charge in [-0.3, -0.25) is 4.79 Å². The second kappa shape index (κ2) is 5.99. The average Bonchev–Trinajstić information content (AvgIpc) is 2.40. The number of aliphatic hydroxyl groups is 1. The van der Waals surface area contributed by atoms with Crippen LogP contribution in [0.2, 0.25) is 0 Å². The van der Waals surface area contributed by atoms with Crippen molar-refractivity contribution in [2.75, 3.05) is 39.9 Å². The summed E-state index contributed by atoms with van der Waals surface area (Å²) in [6.45, 7) is 3.63. The van der Waals surface area contributed by atoms with Crippen LogP contribution in [0.3, 0.4) is 0 Å². The predicted molar refractivity (Wildman–Crippen MR) is 68.2 cm³/mol. The Bertz CT molecular complexity index is 276. The molecule has 18 heavy (non-hydrogen) atoms. The first-order chi connectivity index (χ1) is 8.68. The molecule has 2 saturated heterocycles. The van der Waals surface area contributed by atoms with Gasteiger partial charge >= 0.3 is 0 Å². The molecule has 0 aliphatic carbocycles. The molecule has 0 aromatic rings. The lowest BCUT2D eigenvalue weighted by molar-refractivity contribution is -0.149. The summed E-state index contributed by atoms with van der Waals surface area (Å²) in [4.78, 5) is 14.6. The Kier molecular flexibility index (Phi) is 4.59. The van der Waals surface area contributed by atoms with Crippen LogP contribution in [0.25, 0.3) is 0 Å². The fourth-order valence-electron chi connectivity index (χ4n) is 3.01. The van der Waals surface area contributed by atoms with Crippen LogP contribution < -0.4 is 5.32 Å². The number of ether oxygens (including phenoxy) is 1. The fraction of sp³-hybridized carbons (Fsp3) is 0.923. The van der Waals surface area contributed by atoms with Crippen molar-refractivity contribution >= 4 is 5.91 Å². The van der Waals surface area contributed by atoms with Crippen LogP contribution in [0, 0.1) is 5.41 Å². The summed E-state index contributed by atoms with van der Waals surface area (Å²) in [5.74, 6) is 0.220. The molecule has 5 heteroatoms. The molecule has 1 amide bonds. The molecule has 0 radical (unpaired) electrons. The SMILES string of the molecule is COCC1(C(=O)N2CCC(O)CC2)CCNCC1. The molecular formula is C13H24N2O3. The van der Waals surface area contributed by atoms with E-state index in [0.29, 0.717) is 32.5 Å². The third-order valence-electron chi connectivity index (χ3n) is 4.19. The molecule has 0 unspecified atom stereocenters. The van der Waals surface area contributed by atoms with Crippen molar-refractivity contribution < 1.29 is 14.6 Å². The molecule has 0 atom stereocenters. The summed E-state index contributed by atoms with van der Waals surface area (Å²) in [5.41, 5.74) is -0.345. The summed E-state index contributed by atoms with van der Waals surface area (Å²) in [6.07, 6.45) is 2.86. The highest BCUT2D eigenvalue weighted by molar-refractivity contribution is 5.83. The molecule has 2 aliphatic rings. The minimum absolute atomic E-state index is 0.220. The van der Waals surface area contributed by atoms with Gasteiger partial charge in [-0.05, 0) is 38.8 Å². The lowest BCUT2D eigenvalue weighted by Gasteiger charge is -2.41. The topological polar surface area (TPSA) is 61.8 Å². The molecule has 2 rings (SSSR count). The van der Waals surface area contributed by atoms with Crippen molar-refractivity contribution in [1.82, 2.24) is 10.2 Å². The van der Waals surface area contributed by atoms with Gasteiger partial charge in [-0.25, -0.2) is 0 Å². The molecule has 0 saturated carbocycles. The Balaban J connectivity index is 2.03. The molecule has 0 spiro atoms. The molecule has 0 aromatic carbocycles. The number of nitrogens with zero attached hydrogens (tertiary/aromatic N) is 1. The summed E-state index contributed by atoms with van der Waals surface area (Å²) in [5, 5.41) is 12.8. The van der Waals surface area contributed by atoms with Gasteiger partial charge in [-0.2, -0.15) is 0 Å². The van der Waals surface area contributed by atoms with Crippen molar-refractivity contribution in [3.8, 4) is 0 Å². The van der Waals surface area contributed by atoms with E-state index < -0.39 is 0 Å². The zero-order chi connectivity index (χ0) is 13.0. The number of rotatable bonds is 3. The molecule has 2 N–H and O–H groups in total. The lowest BCUT2D eigenvalue weighted by atomic mass is 9.78. The second-order valence-electron chi connectivity index (χ2n) is 5.49. The van der Waals surface area contributed by atoms with Gasteiger partial charge in [-0.1, -0.05) is 0 Å². The van der Waals surface area contributed by atoms with E-state index in [1.807, 2.05) is 4.90 Å². The zero-order valence-corrected chi connectivity index (χ0v) is 11.2. The maximum Gasteiger partial charge on any atom is 0.231 e. The van der Waals surface area contributed by atoms with E-state index >= 15 is 0 Å². The van der Waals surface area contributed by atoms with Crippen molar-refractivity contribution in [3.63, 3.8) is 0 Å². The Hall–Kier alpha value is -0.650. The standard InChI is InChI=1S/C13H24N2O3/c1-18-10-13(4-6-14-7-5-13)12(17)15-8-2-11(16)3-9-15/h11,14,16H,2-10H2,1H3. The molecule has 2 heterocycles. The van der Waals surface area contributed by atoms with Crippen LogP contribution in [0.5, 0.6) is 0 Å². The van der Waals surface area contributed by atoms with Crippen LogP contribution >= 0.6 is 0 Å². The van der Waals surface area contributed by atoms with E-state index in [0.717, 1.165) is 25.9 Å². The van der Waals surface area contributed by atoms with Crippen molar-refractivity contribution in [2.45, 2.75) is 31.8 Å². The van der Waals surface area contributed by atoms with Gasteiger partial charge in [0.25, 0.3) is 0 Å². The van der Waals surface area contributed by atoms with Gasteiger partial charge in [0.2, 0.25) is 5.91 Å². The summed E-state index contributed by atoms with van der Waals surface area (Å²) in [6, 6.07) is 0. The molecule has 5 nitrogen and oxygen atoms in total. The Morgan fingerprint density at radius 3 is 2.56 bits per heavy atom. The second-order valence-corrected chi connectivity index (χ2v) is 5.49. The maximum atomic E-state index is 12.7. The minimum atomic E-state index is -0.345. The van der Waals surface area contributed by atoms with Crippen LogP contribution in [0.15, 0.2) is 0 Å². The number of carbonyl (C=O) groups excluding carboxylic acids is 1. The van der Waals surface area contributed by atoms with Crippen LogP contribution in [0.4, 0.5) is 0 Å². The monoisotopic (exact) mass is 256 g/mol. The van der Waals surface area contributed by atoms with Crippen LogP contribution in [-0.4, -0.2) is 61.9 Å². The number of hydrogen-bond donors (Lipinski definition) is 2. The van der Waals surface area contributed by atoms with Gasteiger partial charge < -0.3 is 20.1 Å². The molecular weight excluding hydrogens is 232 g/mol. The van der Waals surface area contributed by atoms with E-state index in [2.05, 4.69) is 5.32 Å². The summed E-state index contributed by atoms with van der Waals surface area (Å²) < 4.78 is 5.29. The number of piperidine rings is 2. The molecule has 2 aliphatic heterocycles. The fourth-order valence-corrected chi connectivity index (χ4v) is 3.01. The van der Waals surface area contributed by atoms with Gasteiger partial charge in [-0.15, -0.1) is 0 Å². The third kappa shape index (κ3) is 2.84. The third-order valence-corrected chi connectivity index (χ3v) is 4.19. The van der Waals surface area contributed by atoms with E-state index in [1.54, 1.807) is 7.11 Å². The maximum absolute atomic E-state index is 12.7.